The summed E-state index contributed by atoms with van der Waals surface area (Å²) < 4.78 is 12.4. The third-order valence-corrected chi connectivity index (χ3v) is 5.41. The van der Waals surface area contributed by atoms with Crippen molar-refractivity contribution in [2.45, 2.75) is 46.3 Å². The Morgan fingerprint density at radius 2 is 1.92 bits per heavy atom. The molecule has 0 aromatic rings. The van der Waals surface area contributed by atoms with Crippen LogP contribution in [0.1, 0.15) is 40.5 Å². The fourth-order valence-electron chi connectivity index (χ4n) is 1.99. The summed E-state index contributed by atoms with van der Waals surface area (Å²) in [4.78, 5) is 11.5. The summed E-state index contributed by atoms with van der Waals surface area (Å²) in [5, 5.41) is 12.6. The molecule has 1 amide bonds. The van der Waals surface area contributed by atoms with Crippen molar-refractivity contribution in [1.29, 1.82) is 0 Å². The highest BCUT2D eigenvalue weighted by atomic mass is 31.2. The Bertz CT molecular complexity index is 490. The van der Waals surface area contributed by atoms with Crippen molar-refractivity contribution in [1.82, 2.24) is 10.4 Å². The van der Waals surface area contributed by atoms with Crippen LogP contribution in [-0.4, -0.2) is 48.9 Å². The van der Waals surface area contributed by atoms with Gasteiger partial charge in [-0.1, -0.05) is 38.7 Å². The third-order valence-electron chi connectivity index (χ3n) is 3.47. The first kappa shape index (κ1) is 25.1. The molecule has 2 N–H and O–H groups in total. The molecule has 0 saturated carbocycles. The molecule has 0 bridgehead atoms. The quantitative estimate of drug-likeness (QED) is 0.280. The predicted octanol–water partition coefficient (Wildman–Crippen LogP) is 4.26. The first-order valence-electron chi connectivity index (χ1n) is 8.31. The van der Waals surface area contributed by atoms with Crippen molar-refractivity contribution in [2.24, 2.45) is 0 Å². The van der Waals surface area contributed by atoms with Gasteiger partial charge in [-0.25, -0.2) is 5.06 Å². The van der Waals surface area contributed by atoms with E-state index in [0.717, 1.165) is 17.6 Å². The SMILES string of the molecule is C=C/C(C)=C(\C=C/C)CCC(NCC(=O)N(C)O)P(C)(C)=O.CC. The second kappa shape index (κ2) is 13.2. The van der Waals surface area contributed by atoms with Crippen LogP contribution >= 0.6 is 7.14 Å². The molecule has 0 saturated heterocycles. The minimum Gasteiger partial charge on any atom is -0.323 e. The van der Waals surface area contributed by atoms with Gasteiger partial charge in [-0.15, -0.1) is 0 Å². The highest BCUT2D eigenvalue weighted by Gasteiger charge is 2.23. The zero-order chi connectivity index (χ0) is 19.3. The molecule has 5 nitrogen and oxygen atoms in total. The van der Waals surface area contributed by atoms with Crippen LogP contribution in [-0.2, 0) is 9.36 Å². The van der Waals surface area contributed by atoms with Crippen molar-refractivity contribution in [3.63, 3.8) is 0 Å². The van der Waals surface area contributed by atoms with Crippen molar-refractivity contribution < 1.29 is 14.6 Å². The Hall–Kier alpha value is -1.16. The van der Waals surface area contributed by atoms with Crippen LogP contribution in [0, 0.1) is 0 Å². The normalized spacial score (nSPS) is 13.7. The smallest absolute Gasteiger partial charge is 0.259 e. The average Bonchev–Trinajstić information content (AvgIpc) is 2.53. The van der Waals surface area contributed by atoms with Crippen LogP contribution < -0.4 is 5.32 Å². The first-order chi connectivity index (χ1) is 11.1. The van der Waals surface area contributed by atoms with E-state index < -0.39 is 13.0 Å². The largest absolute Gasteiger partial charge is 0.323 e. The number of nitrogens with one attached hydrogen (secondary N) is 1. The predicted molar refractivity (Wildman–Crippen MR) is 104 cm³/mol. The molecule has 0 aliphatic carbocycles. The van der Waals surface area contributed by atoms with Crippen molar-refractivity contribution in [3.8, 4) is 0 Å². The maximum Gasteiger partial charge on any atom is 0.259 e. The number of carbonyl (C=O) groups is 1. The minimum atomic E-state index is -2.41. The second-order valence-electron chi connectivity index (χ2n) is 5.70. The number of allylic oxidation sites excluding steroid dienone is 5. The van der Waals surface area contributed by atoms with E-state index in [-0.39, 0.29) is 12.3 Å². The maximum absolute atomic E-state index is 12.4. The van der Waals surface area contributed by atoms with Gasteiger partial charge in [-0.2, -0.15) is 0 Å². The summed E-state index contributed by atoms with van der Waals surface area (Å²) in [5.74, 6) is -0.723. The van der Waals surface area contributed by atoms with Crippen molar-refractivity contribution in [3.05, 3.63) is 36.0 Å². The molecule has 0 fully saturated rings. The molecule has 0 radical (unpaired) electrons. The van der Waals surface area contributed by atoms with Crippen LogP contribution in [0.3, 0.4) is 0 Å². The number of nitrogens with zero attached hydrogens (tertiary/aromatic N) is 1. The molecule has 0 aliphatic rings. The van der Waals surface area contributed by atoms with E-state index in [1.54, 1.807) is 19.4 Å². The van der Waals surface area contributed by atoms with Gasteiger partial charge in [0.1, 0.15) is 0 Å². The lowest BCUT2D eigenvalue weighted by Gasteiger charge is -2.23. The van der Waals surface area contributed by atoms with Crippen molar-refractivity contribution >= 4 is 13.0 Å². The van der Waals surface area contributed by atoms with Crippen LogP contribution in [0.4, 0.5) is 0 Å². The molecular weight excluding hydrogens is 323 g/mol. The van der Waals surface area contributed by atoms with E-state index in [9.17, 15) is 9.36 Å². The average molecular weight is 358 g/mol. The van der Waals surface area contributed by atoms with Gasteiger partial charge in [-0.05, 0) is 51.2 Å². The molecule has 140 valence electrons. The summed E-state index contributed by atoms with van der Waals surface area (Å²) in [7, 11) is -1.14. The van der Waals surface area contributed by atoms with E-state index >= 15 is 0 Å². The number of hydrogen-bond donors (Lipinski definition) is 2. The lowest BCUT2D eigenvalue weighted by Crippen LogP contribution is -2.38. The summed E-state index contributed by atoms with van der Waals surface area (Å²) in [5.41, 5.74) is 2.23. The van der Waals surface area contributed by atoms with Gasteiger partial charge in [0.05, 0.1) is 19.5 Å². The first-order valence-corrected chi connectivity index (χ1v) is 11.0. The summed E-state index contributed by atoms with van der Waals surface area (Å²) in [6, 6.07) is 0. The number of hydroxylamine groups is 2. The minimum absolute atomic E-state index is 0.0353. The summed E-state index contributed by atoms with van der Waals surface area (Å²) >= 11 is 0. The lowest BCUT2D eigenvalue weighted by atomic mass is 10.0. The zero-order valence-corrected chi connectivity index (χ0v) is 17.2. The molecule has 24 heavy (non-hydrogen) atoms. The van der Waals surface area contributed by atoms with E-state index in [1.807, 2.05) is 39.8 Å². The fraction of sp³-hybridized carbons (Fsp3) is 0.611. The molecule has 0 rings (SSSR count). The topological polar surface area (TPSA) is 69.6 Å². The number of hydrogen-bond acceptors (Lipinski definition) is 4. The highest BCUT2D eigenvalue weighted by Crippen LogP contribution is 2.43. The van der Waals surface area contributed by atoms with E-state index in [1.165, 1.54) is 7.05 Å². The Labute approximate surface area is 147 Å². The van der Waals surface area contributed by atoms with E-state index in [4.69, 9.17) is 5.21 Å². The van der Waals surface area contributed by atoms with Gasteiger partial charge in [-0.3, -0.25) is 15.3 Å². The van der Waals surface area contributed by atoms with Crippen LogP contribution in [0.2, 0.25) is 0 Å². The number of likely N-dealkylation sites (N-methyl/N-ethyl adjacent to an activating group) is 1. The third kappa shape index (κ3) is 10.6. The second-order valence-corrected chi connectivity index (χ2v) is 9.19. The Morgan fingerprint density at radius 1 is 1.38 bits per heavy atom. The Balaban J connectivity index is 0. The fourth-order valence-corrected chi connectivity index (χ4v) is 3.27. The zero-order valence-electron chi connectivity index (χ0n) is 16.3. The van der Waals surface area contributed by atoms with Crippen LogP contribution in [0.5, 0.6) is 0 Å². The molecular formula is C18H35N2O3P. The van der Waals surface area contributed by atoms with Gasteiger partial charge in [0.25, 0.3) is 5.91 Å². The van der Waals surface area contributed by atoms with Crippen LogP contribution in [0.25, 0.3) is 0 Å². The molecule has 0 spiro atoms. The maximum atomic E-state index is 12.4. The van der Waals surface area contributed by atoms with Gasteiger partial charge in [0.2, 0.25) is 0 Å². The monoisotopic (exact) mass is 358 g/mol. The molecule has 0 heterocycles. The summed E-state index contributed by atoms with van der Waals surface area (Å²) in [6.45, 7) is 15.1. The molecule has 0 aliphatic heterocycles. The molecule has 1 atom stereocenters. The molecule has 6 heteroatoms. The van der Waals surface area contributed by atoms with Gasteiger partial charge in [0.15, 0.2) is 0 Å². The standard InChI is InChI=1S/C16H29N2O3P.C2H6/c1-7-9-14(13(3)8-2)10-11-15(22(5,6)21)17-12-16(19)18(4)20;1-2/h7-9,15,17,20H,2,10-12H2,1,3-6H3;1-2H3/b9-7-,14-13+;. The van der Waals surface area contributed by atoms with Gasteiger partial charge in [0, 0.05) is 7.05 Å². The highest BCUT2D eigenvalue weighted by molar-refractivity contribution is 7.63. The molecule has 0 aromatic heterocycles. The molecule has 1 unspecified atom stereocenters. The van der Waals surface area contributed by atoms with E-state index in [0.29, 0.717) is 11.5 Å². The van der Waals surface area contributed by atoms with Crippen molar-refractivity contribution in [2.75, 3.05) is 26.9 Å². The number of rotatable bonds is 9. The van der Waals surface area contributed by atoms with Gasteiger partial charge >= 0.3 is 0 Å². The number of carbonyl (C=O) groups excluding carboxylic acids is 1. The Kier molecular flexibility index (Phi) is 13.8. The van der Waals surface area contributed by atoms with E-state index in [2.05, 4.69) is 11.9 Å². The number of amides is 1. The summed E-state index contributed by atoms with van der Waals surface area (Å²) in [6.07, 6.45) is 7.19. The van der Waals surface area contributed by atoms with Gasteiger partial charge < -0.3 is 4.57 Å². The Morgan fingerprint density at radius 3 is 2.29 bits per heavy atom. The van der Waals surface area contributed by atoms with Crippen LogP contribution in [0.15, 0.2) is 36.0 Å². The molecule has 0 aromatic carbocycles. The lowest BCUT2D eigenvalue weighted by molar-refractivity contribution is -0.158.